The molecule has 2 aliphatic heterocycles. The molecule has 0 aliphatic carbocycles. The number of rotatable bonds is 8. The molecule has 0 atom stereocenters. The molecule has 0 radical (unpaired) electrons. The largest absolute Gasteiger partial charge is 0.379 e. The van der Waals surface area contributed by atoms with Crippen LogP contribution in [0, 0.1) is 24.0 Å². The van der Waals surface area contributed by atoms with E-state index in [0.717, 1.165) is 32.4 Å². The zero-order chi connectivity index (χ0) is 31.9. The molecule has 2 aliphatic rings. The van der Waals surface area contributed by atoms with E-state index in [9.17, 15) is 23.3 Å². The summed E-state index contributed by atoms with van der Waals surface area (Å²) in [6.45, 7) is 7.67. The van der Waals surface area contributed by atoms with Crippen LogP contribution in [0.4, 0.5) is 11.4 Å². The van der Waals surface area contributed by atoms with Gasteiger partial charge in [-0.3, -0.25) is 14.9 Å². The Labute approximate surface area is 266 Å². The van der Waals surface area contributed by atoms with Gasteiger partial charge >= 0.3 is 0 Å². The first-order valence-corrected chi connectivity index (χ1v) is 16.8. The van der Waals surface area contributed by atoms with Crippen molar-refractivity contribution < 1.29 is 22.9 Å². The number of nitro benzene ring substituents is 1. The van der Waals surface area contributed by atoms with Gasteiger partial charge in [0.05, 0.1) is 28.7 Å². The van der Waals surface area contributed by atoms with Gasteiger partial charge in [-0.1, -0.05) is 11.8 Å². The zero-order valence-electron chi connectivity index (χ0n) is 25.1. The third kappa shape index (κ3) is 5.82. The summed E-state index contributed by atoms with van der Waals surface area (Å²) >= 11 is 1.52. The number of nitrogens with zero attached hydrogens (tertiary/aromatic N) is 4. The predicted molar refractivity (Wildman–Crippen MR) is 174 cm³/mol. The van der Waals surface area contributed by atoms with Crippen LogP contribution in [-0.2, 0) is 19.6 Å². The first-order valence-electron chi connectivity index (χ1n) is 14.6. The summed E-state index contributed by atoms with van der Waals surface area (Å²) in [6, 6.07) is 21.5. The molecule has 6 rings (SSSR count). The molecule has 0 N–H and O–H groups in total. The number of anilines is 1. The number of aryl methyl sites for hydroxylation is 1. The van der Waals surface area contributed by atoms with E-state index in [4.69, 9.17) is 4.74 Å². The molecule has 3 aromatic carbocycles. The Bertz CT molecular complexity index is 1930. The fraction of sp³-hybridized carbons (Fsp3) is 0.242. The first kappa shape index (κ1) is 30.8. The van der Waals surface area contributed by atoms with Crippen molar-refractivity contribution in [2.24, 2.45) is 0 Å². The van der Waals surface area contributed by atoms with E-state index in [2.05, 4.69) is 4.57 Å². The molecule has 232 valence electrons. The molecule has 1 aromatic heterocycles. The molecule has 0 saturated carbocycles. The Morgan fingerprint density at radius 2 is 1.60 bits per heavy atom. The molecule has 45 heavy (non-hydrogen) atoms. The van der Waals surface area contributed by atoms with Gasteiger partial charge in [-0.05, 0) is 93.1 Å². The molecule has 1 saturated heterocycles. The quantitative estimate of drug-likeness (QED) is 0.130. The number of likely N-dealkylation sites (N-methyl/N-ethyl adjacent to an activating group) is 1. The minimum atomic E-state index is -3.73. The Balaban J connectivity index is 1.31. The molecular weight excluding hydrogens is 613 g/mol. The number of nitro groups is 1. The number of hydrogen-bond acceptors (Lipinski definition) is 7. The molecule has 0 spiro atoms. The Hall–Kier alpha value is -4.23. The van der Waals surface area contributed by atoms with E-state index in [-0.39, 0.29) is 16.5 Å². The van der Waals surface area contributed by atoms with Crippen LogP contribution in [0.2, 0.25) is 0 Å². The molecule has 3 heterocycles. The van der Waals surface area contributed by atoms with Crippen molar-refractivity contribution in [2.75, 3.05) is 37.7 Å². The Morgan fingerprint density at radius 1 is 0.956 bits per heavy atom. The molecular formula is C33H32N4O6S2. The van der Waals surface area contributed by atoms with E-state index in [0.29, 0.717) is 49.7 Å². The minimum Gasteiger partial charge on any atom is -0.379 e. The van der Waals surface area contributed by atoms with Crippen molar-refractivity contribution >= 4 is 50.7 Å². The summed E-state index contributed by atoms with van der Waals surface area (Å²) in [4.78, 5) is 27.9. The first-order chi connectivity index (χ1) is 21.6. The fourth-order valence-electron chi connectivity index (χ4n) is 5.81. The summed E-state index contributed by atoms with van der Waals surface area (Å²) in [5.74, 6) is -0.161. The molecule has 10 nitrogen and oxygen atoms in total. The van der Waals surface area contributed by atoms with Crippen molar-refractivity contribution in [3.8, 4) is 5.69 Å². The summed E-state index contributed by atoms with van der Waals surface area (Å²) < 4.78 is 35.7. The maximum absolute atomic E-state index is 13.6. The highest BCUT2D eigenvalue weighted by Gasteiger charge is 2.34. The number of aromatic nitrogens is 1. The third-order valence-electron chi connectivity index (χ3n) is 8.10. The van der Waals surface area contributed by atoms with Crippen LogP contribution in [0.3, 0.4) is 0 Å². The van der Waals surface area contributed by atoms with Crippen LogP contribution in [0.25, 0.3) is 17.3 Å². The van der Waals surface area contributed by atoms with Crippen LogP contribution >= 0.6 is 11.8 Å². The van der Waals surface area contributed by atoms with Crippen molar-refractivity contribution in [3.63, 3.8) is 0 Å². The van der Waals surface area contributed by atoms with Crippen LogP contribution < -0.4 is 4.90 Å². The fourth-order valence-corrected chi connectivity index (χ4v) is 8.06. The number of morpholine rings is 1. The number of carbonyl (C=O) groups excluding carboxylic acids is 1. The average Bonchev–Trinajstić information content (AvgIpc) is 3.48. The smallest absolute Gasteiger partial charge is 0.269 e. The number of ether oxygens (including phenoxy) is 1. The zero-order valence-corrected chi connectivity index (χ0v) is 26.7. The topological polar surface area (TPSA) is 115 Å². The second kappa shape index (κ2) is 12.3. The highest BCUT2D eigenvalue weighted by atomic mass is 32.2. The molecule has 4 aromatic rings. The number of fused-ring (bicyclic) bond motifs is 1. The minimum absolute atomic E-state index is 0.0580. The summed E-state index contributed by atoms with van der Waals surface area (Å²) in [6.07, 6.45) is 1.86. The molecule has 1 amide bonds. The molecule has 1 fully saturated rings. The third-order valence-corrected chi connectivity index (χ3v) is 11.0. The van der Waals surface area contributed by atoms with Crippen molar-refractivity contribution in [3.05, 3.63) is 105 Å². The Morgan fingerprint density at radius 3 is 2.22 bits per heavy atom. The lowest BCUT2D eigenvalue weighted by Gasteiger charge is -2.26. The van der Waals surface area contributed by atoms with Crippen LogP contribution in [0.5, 0.6) is 0 Å². The second-order valence-corrected chi connectivity index (χ2v) is 13.9. The van der Waals surface area contributed by atoms with Crippen LogP contribution in [-0.4, -0.2) is 61.0 Å². The Kier molecular flexibility index (Phi) is 8.40. The maximum atomic E-state index is 13.6. The molecule has 0 bridgehead atoms. The number of hydrogen-bond donors (Lipinski definition) is 0. The number of benzene rings is 3. The van der Waals surface area contributed by atoms with Crippen molar-refractivity contribution in [1.29, 1.82) is 0 Å². The highest BCUT2D eigenvalue weighted by Crippen LogP contribution is 2.40. The van der Waals surface area contributed by atoms with Crippen LogP contribution in [0.1, 0.15) is 29.4 Å². The van der Waals surface area contributed by atoms with E-state index in [1.807, 2.05) is 57.2 Å². The molecule has 0 unspecified atom stereocenters. The lowest BCUT2D eigenvalue weighted by Crippen LogP contribution is -2.40. The lowest BCUT2D eigenvalue weighted by molar-refractivity contribution is -0.384. The van der Waals surface area contributed by atoms with Gasteiger partial charge in [0, 0.05) is 69.8 Å². The number of carbonyl (C=O) groups is 1. The van der Waals surface area contributed by atoms with Gasteiger partial charge in [-0.15, -0.1) is 0 Å². The number of amides is 1. The highest BCUT2D eigenvalue weighted by molar-refractivity contribution is 7.99. The maximum Gasteiger partial charge on any atom is 0.269 e. The van der Waals surface area contributed by atoms with Gasteiger partial charge in [0.1, 0.15) is 0 Å². The van der Waals surface area contributed by atoms with Gasteiger partial charge < -0.3 is 14.2 Å². The van der Waals surface area contributed by atoms with Crippen molar-refractivity contribution in [1.82, 2.24) is 8.87 Å². The number of non-ortho nitro benzene ring substituents is 1. The SMILES string of the molecule is CCN1C(=O)/C(=C/c2cc(C)n(-c3ccc(Sc4ccc([N+](=O)[O-])cc4)cc3)c2C)c2cc(S(=O)(=O)N3CCOCC3)ccc21. The van der Waals surface area contributed by atoms with Gasteiger partial charge in [0.2, 0.25) is 10.0 Å². The van der Waals surface area contributed by atoms with Crippen LogP contribution in [0.15, 0.2) is 87.5 Å². The summed E-state index contributed by atoms with van der Waals surface area (Å²) in [5, 5.41) is 10.9. The predicted octanol–water partition coefficient (Wildman–Crippen LogP) is 6.08. The number of sulfonamides is 1. The van der Waals surface area contributed by atoms with Crippen molar-refractivity contribution in [2.45, 2.75) is 35.5 Å². The van der Waals surface area contributed by atoms with E-state index in [1.54, 1.807) is 35.2 Å². The normalized spacial score (nSPS) is 16.4. The summed E-state index contributed by atoms with van der Waals surface area (Å²) in [7, 11) is -3.73. The lowest BCUT2D eigenvalue weighted by atomic mass is 10.0. The second-order valence-electron chi connectivity index (χ2n) is 10.8. The standard InChI is InChI=1S/C33H32N4O6S2/c1-4-35-32-14-13-29(45(41,42)34-15-17-43-18-16-34)21-30(32)31(33(35)38)20-24-19-22(2)36(23(24)3)25-5-9-27(10-6-25)44-28-11-7-26(8-12-28)37(39)40/h5-14,19-21H,4,15-18H2,1-3H3/b31-20+. The summed E-state index contributed by atoms with van der Waals surface area (Å²) in [5.41, 5.74) is 5.57. The average molecular weight is 645 g/mol. The molecule has 12 heteroatoms. The monoisotopic (exact) mass is 644 g/mol. The van der Waals surface area contributed by atoms with Gasteiger partial charge in [-0.2, -0.15) is 4.31 Å². The van der Waals surface area contributed by atoms with E-state index < -0.39 is 14.9 Å². The van der Waals surface area contributed by atoms with Gasteiger partial charge in [0.15, 0.2) is 0 Å². The van der Waals surface area contributed by atoms with E-state index in [1.165, 1.54) is 28.2 Å². The van der Waals surface area contributed by atoms with Gasteiger partial charge in [-0.25, -0.2) is 8.42 Å². The van der Waals surface area contributed by atoms with E-state index >= 15 is 0 Å². The van der Waals surface area contributed by atoms with Gasteiger partial charge in [0.25, 0.3) is 11.6 Å².